The Labute approximate surface area is 182 Å². The zero-order chi connectivity index (χ0) is 21.1. The Morgan fingerprint density at radius 2 is 1.40 bits per heavy atom. The molecule has 0 aliphatic rings. The second kappa shape index (κ2) is 9.71. The minimum Gasteiger partial charge on any atom is -0.465 e. The third kappa shape index (κ3) is 4.79. The van der Waals surface area contributed by atoms with Crippen molar-refractivity contribution in [2.75, 3.05) is 7.11 Å². The van der Waals surface area contributed by atoms with E-state index in [9.17, 15) is 13.6 Å². The van der Waals surface area contributed by atoms with Crippen LogP contribution < -0.4 is 0 Å². The van der Waals surface area contributed by atoms with Gasteiger partial charge in [-0.1, -0.05) is 23.4 Å². The summed E-state index contributed by atoms with van der Waals surface area (Å²) in [7, 11) is 1.29. The highest BCUT2D eigenvalue weighted by Gasteiger charge is 2.12. The van der Waals surface area contributed by atoms with Gasteiger partial charge < -0.3 is 4.74 Å². The first-order chi connectivity index (χ1) is 13.8. The van der Waals surface area contributed by atoms with E-state index < -0.39 is 5.97 Å². The molecule has 0 saturated carbocycles. The Kier molecular flexibility index (Phi) is 7.56. The molecule has 2 aromatic heterocycles. The average Bonchev–Trinajstić information content (AvgIpc) is 2.68. The van der Waals surface area contributed by atoms with Crippen molar-refractivity contribution in [3.8, 4) is 0 Å². The van der Waals surface area contributed by atoms with Crippen molar-refractivity contribution in [2.45, 2.75) is 21.3 Å². The quantitative estimate of drug-likeness (QED) is 0.293. The van der Waals surface area contributed by atoms with Crippen LogP contribution in [0.2, 0.25) is 0 Å². The number of carbonyl (C=O) groups excluding carboxylic acids is 1. The molecule has 0 aliphatic heterocycles. The molecule has 0 radical (unpaired) electrons. The van der Waals surface area contributed by atoms with Crippen molar-refractivity contribution in [3.63, 3.8) is 0 Å². The third-order valence-electron chi connectivity index (χ3n) is 4.35. The molecule has 2 heterocycles. The van der Waals surface area contributed by atoms with Gasteiger partial charge in [0.25, 0.3) is 0 Å². The summed E-state index contributed by atoms with van der Waals surface area (Å²) in [5.41, 5.74) is 3.34. The molecule has 156 valence electrons. The van der Waals surface area contributed by atoms with E-state index in [2.05, 4.69) is 30.6 Å². The maximum atomic E-state index is 13.3. The Hall–Kier alpha value is -2.93. The van der Waals surface area contributed by atoms with Crippen molar-refractivity contribution in [2.24, 2.45) is 0 Å². The number of methoxy groups -OCH3 is 1. The Bertz CT molecular complexity index is 1230. The number of carbonyl (C=O) groups is 1. The van der Waals surface area contributed by atoms with Gasteiger partial charge in [0.15, 0.2) is 0 Å². The van der Waals surface area contributed by atoms with Crippen LogP contribution in [-0.2, 0) is 4.74 Å². The van der Waals surface area contributed by atoms with E-state index in [4.69, 9.17) is 0 Å². The molecular formula is C23H21BrF2N2O2. The molecule has 0 unspecified atom stereocenters. The fraction of sp³-hybridized carbons (Fsp3) is 0.174. The van der Waals surface area contributed by atoms with E-state index in [1.165, 1.54) is 43.6 Å². The predicted molar refractivity (Wildman–Crippen MR) is 119 cm³/mol. The second-order valence-electron chi connectivity index (χ2n) is 6.38. The summed E-state index contributed by atoms with van der Waals surface area (Å²) in [5, 5.41) is 1.30. The molecule has 7 heteroatoms. The van der Waals surface area contributed by atoms with E-state index in [0.29, 0.717) is 22.0 Å². The molecule has 0 amide bonds. The van der Waals surface area contributed by atoms with Crippen LogP contribution in [0.15, 0.2) is 53.3 Å². The van der Waals surface area contributed by atoms with Crippen molar-refractivity contribution >= 4 is 43.7 Å². The van der Waals surface area contributed by atoms with E-state index >= 15 is 0 Å². The molecule has 0 atom stereocenters. The lowest BCUT2D eigenvalue weighted by atomic mass is 10.1. The standard InChI is InChI=1S/C12H10FNO2.C10H7BrFN.CH4/c1-7-5-8(13)6-10-9(12(15)16-2)3-4-14-11(7)10;1-6-4-7(12)5-8-9(11)2-3-13-10(6)8;/h3-6H,1-2H3;2-5H,1H3;1H4. The van der Waals surface area contributed by atoms with E-state index in [1.54, 1.807) is 19.2 Å². The molecule has 0 fully saturated rings. The van der Waals surface area contributed by atoms with E-state index in [0.717, 1.165) is 20.9 Å². The van der Waals surface area contributed by atoms with Crippen molar-refractivity contribution < 1.29 is 18.3 Å². The maximum absolute atomic E-state index is 13.3. The number of esters is 1. The molecule has 4 rings (SSSR count). The van der Waals surface area contributed by atoms with Crippen LogP contribution in [0.4, 0.5) is 8.78 Å². The van der Waals surface area contributed by atoms with Crippen LogP contribution in [0.25, 0.3) is 21.8 Å². The van der Waals surface area contributed by atoms with Gasteiger partial charge in [0.05, 0.1) is 23.7 Å². The van der Waals surface area contributed by atoms with Crippen molar-refractivity contribution in [3.05, 3.63) is 81.6 Å². The highest BCUT2D eigenvalue weighted by Crippen LogP contribution is 2.25. The number of fused-ring (bicyclic) bond motifs is 2. The molecule has 0 aliphatic carbocycles. The van der Waals surface area contributed by atoms with Gasteiger partial charge in [-0.05, 0) is 61.4 Å². The van der Waals surface area contributed by atoms with E-state index in [-0.39, 0.29) is 19.1 Å². The molecule has 2 aromatic carbocycles. The van der Waals surface area contributed by atoms with Gasteiger partial charge in [-0.3, -0.25) is 9.97 Å². The van der Waals surface area contributed by atoms with Crippen LogP contribution in [0.1, 0.15) is 28.9 Å². The Balaban J connectivity index is 0.000000211. The normalized spacial score (nSPS) is 10.2. The predicted octanol–water partition coefficient (Wildman–Crippen LogP) is 6.55. The second-order valence-corrected chi connectivity index (χ2v) is 7.23. The van der Waals surface area contributed by atoms with Crippen LogP contribution >= 0.6 is 15.9 Å². The van der Waals surface area contributed by atoms with Gasteiger partial charge in [0.1, 0.15) is 11.6 Å². The average molecular weight is 475 g/mol. The lowest BCUT2D eigenvalue weighted by Crippen LogP contribution is -2.03. The summed E-state index contributed by atoms with van der Waals surface area (Å²) < 4.78 is 31.8. The topological polar surface area (TPSA) is 52.1 Å². The van der Waals surface area contributed by atoms with Crippen LogP contribution in [0, 0.1) is 25.5 Å². The molecule has 0 spiro atoms. The minimum atomic E-state index is -0.489. The number of aromatic nitrogens is 2. The number of ether oxygens (including phenoxy) is 1. The Morgan fingerprint density at radius 1 is 0.900 bits per heavy atom. The lowest BCUT2D eigenvalue weighted by Gasteiger charge is -2.06. The van der Waals surface area contributed by atoms with Crippen LogP contribution in [0.5, 0.6) is 0 Å². The number of hydrogen-bond donors (Lipinski definition) is 0. The molecule has 30 heavy (non-hydrogen) atoms. The highest BCUT2D eigenvalue weighted by molar-refractivity contribution is 9.10. The zero-order valence-electron chi connectivity index (χ0n) is 16.0. The fourth-order valence-electron chi connectivity index (χ4n) is 3.03. The van der Waals surface area contributed by atoms with Crippen LogP contribution in [-0.4, -0.2) is 23.0 Å². The smallest absolute Gasteiger partial charge is 0.338 e. The zero-order valence-corrected chi connectivity index (χ0v) is 17.5. The minimum absolute atomic E-state index is 0. The summed E-state index contributed by atoms with van der Waals surface area (Å²) in [6.45, 7) is 3.60. The van der Waals surface area contributed by atoms with Crippen molar-refractivity contribution in [1.29, 1.82) is 0 Å². The summed E-state index contributed by atoms with van der Waals surface area (Å²) >= 11 is 3.36. The summed E-state index contributed by atoms with van der Waals surface area (Å²) in [6.07, 6.45) is 3.22. The Morgan fingerprint density at radius 3 is 1.97 bits per heavy atom. The number of rotatable bonds is 1. The van der Waals surface area contributed by atoms with Crippen molar-refractivity contribution in [1.82, 2.24) is 9.97 Å². The van der Waals surface area contributed by atoms with Gasteiger partial charge in [0.2, 0.25) is 0 Å². The number of nitrogens with zero attached hydrogens (tertiary/aromatic N) is 2. The molecule has 4 aromatic rings. The third-order valence-corrected chi connectivity index (χ3v) is 5.04. The summed E-state index contributed by atoms with van der Waals surface area (Å²) in [6, 6.07) is 8.98. The van der Waals surface area contributed by atoms with Gasteiger partial charge in [-0.25, -0.2) is 13.6 Å². The number of aryl methyl sites for hydroxylation is 2. The SMILES string of the molecule is C.COC(=O)c1ccnc2c(C)cc(F)cc12.Cc1cc(F)cc2c(Br)ccnc12. The number of pyridine rings is 2. The highest BCUT2D eigenvalue weighted by atomic mass is 79.9. The van der Waals surface area contributed by atoms with Crippen LogP contribution in [0.3, 0.4) is 0 Å². The lowest BCUT2D eigenvalue weighted by molar-refractivity contribution is 0.0603. The summed E-state index contributed by atoms with van der Waals surface area (Å²) in [5.74, 6) is -1.10. The first kappa shape index (κ1) is 23.3. The molecule has 0 N–H and O–H groups in total. The van der Waals surface area contributed by atoms with E-state index in [1.807, 2.05) is 6.92 Å². The number of benzene rings is 2. The largest absolute Gasteiger partial charge is 0.465 e. The van der Waals surface area contributed by atoms with Gasteiger partial charge in [-0.15, -0.1) is 0 Å². The maximum Gasteiger partial charge on any atom is 0.338 e. The van der Waals surface area contributed by atoms with Gasteiger partial charge in [-0.2, -0.15) is 0 Å². The molecule has 4 nitrogen and oxygen atoms in total. The fourth-order valence-corrected chi connectivity index (χ4v) is 3.45. The molecular weight excluding hydrogens is 454 g/mol. The first-order valence-corrected chi connectivity index (χ1v) is 9.44. The summed E-state index contributed by atoms with van der Waals surface area (Å²) in [4.78, 5) is 19.8. The monoisotopic (exact) mass is 474 g/mol. The number of halogens is 3. The van der Waals surface area contributed by atoms with Gasteiger partial charge >= 0.3 is 5.97 Å². The van der Waals surface area contributed by atoms with Gasteiger partial charge in [0, 0.05) is 27.6 Å². The number of hydrogen-bond acceptors (Lipinski definition) is 4. The molecule has 0 bridgehead atoms. The first-order valence-electron chi connectivity index (χ1n) is 8.65. The molecule has 0 saturated heterocycles.